The Labute approximate surface area is 127 Å². The molecule has 0 aromatic carbocycles. The second-order valence-corrected chi connectivity index (χ2v) is 7.04. The Hall–Kier alpha value is -1.30. The molecule has 0 saturated carbocycles. The first-order valence-electron chi connectivity index (χ1n) is 7.35. The number of amides is 2. The van der Waals surface area contributed by atoms with E-state index in [1.807, 2.05) is 13.8 Å². The molecule has 6 heteroatoms. The number of nitrogens with one attached hydrogen (secondary N) is 2. The van der Waals surface area contributed by atoms with Crippen molar-refractivity contribution >= 4 is 12.0 Å². The molecule has 21 heavy (non-hydrogen) atoms. The lowest BCUT2D eigenvalue weighted by Gasteiger charge is -2.27. The van der Waals surface area contributed by atoms with Gasteiger partial charge in [-0.25, -0.2) is 4.79 Å². The van der Waals surface area contributed by atoms with Gasteiger partial charge in [-0.1, -0.05) is 20.3 Å². The summed E-state index contributed by atoms with van der Waals surface area (Å²) in [5, 5.41) is 14.9. The summed E-state index contributed by atoms with van der Waals surface area (Å²) in [5.41, 5.74) is -1.62. The Morgan fingerprint density at radius 2 is 1.71 bits per heavy atom. The fraction of sp³-hybridized carbons (Fsp3) is 0.867. The van der Waals surface area contributed by atoms with Crippen LogP contribution in [0.3, 0.4) is 0 Å². The molecule has 0 aliphatic heterocycles. The third kappa shape index (κ3) is 9.28. The van der Waals surface area contributed by atoms with E-state index >= 15 is 0 Å². The summed E-state index contributed by atoms with van der Waals surface area (Å²) in [6, 6.07) is -0.688. The van der Waals surface area contributed by atoms with E-state index in [1.165, 1.54) is 0 Å². The minimum Gasteiger partial charge on any atom is -0.444 e. The predicted octanol–water partition coefficient (Wildman–Crippen LogP) is 1.81. The van der Waals surface area contributed by atoms with Crippen molar-refractivity contribution < 1.29 is 19.4 Å². The molecule has 0 radical (unpaired) electrons. The fourth-order valence-corrected chi connectivity index (χ4v) is 1.55. The quantitative estimate of drug-likeness (QED) is 0.698. The molecule has 0 spiro atoms. The second-order valence-electron chi connectivity index (χ2n) is 7.04. The molecule has 6 nitrogen and oxygen atoms in total. The molecule has 0 rings (SSSR count). The van der Waals surface area contributed by atoms with Crippen molar-refractivity contribution in [1.29, 1.82) is 0 Å². The lowest BCUT2D eigenvalue weighted by atomic mass is 9.98. The Morgan fingerprint density at radius 1 is 1.19 bits per heavy atom. The van der Waals surface area contributed by atoms with Crippen molar-refractivity contribution in [3.63, 3.8) is 0 Å². The molecule has 2 atom stereocenters. The summed E-state index contributed by atoms with van der Waals surface area (Å²) in [7, 11) is 0. The van der Waals surface area contributed by atoms with Crippen LogP contribution >= 0.6 is 0 Å². The maximum Gasteiger partial charge on any atom is 0.408 e. The molecule has 2 unspecified atom stereocenters. The maximum atomic E-state index is 12.2. The van der Waals surface area contributed by atoms with Crippen molar-refractivity contribution in [1.82, 2.24) is 10.6 Å². The van der Waals surface area contributed by atoms with Crippen molar-refractivity contribution in [2.24, 2.45) is 5.92 Å². The number of carbonyl (C=O) groups is 2. The normalized spacial score (nSPS) is 15.0. The highest BCUT2D eigenvalue weighted by molar-refractivity contribution is 5.86. The van der Waals surface area contributed by atoms with Crippen LogP contribution in [0.25, 0.3) is 0 Å². The molecule has 0 aromatic rings. The number of aliphatic hydroxyl groups is 1. The van der Waals surface area contributed by atoms with Gasteiger partial charge in [0.1, 0.15) is 11.6 Å². The summed E-state index contributed by atoms with van der Waals surface area (Å²) in [6.07, 6.45) is 0.113. The van der Waals surface area contributed by atoms with Crippen LogP contribution < -0.4 is 10.6 Å². The number of hydrogen-bond acceptors (Lipinski definition) is 4. The average Bonchev–Trinajstić information content (AvgIpc) is 2.29. The molecule has 0 aromatic heterocycles. The molecule has 0 aliphatic carbocycles. The molecule has 2 amide bonds. The lowest BCUT2D eigenvalue weighted by Crippen LogP contribution is -2.53. The number of ether oxygens (including phenoxy) is 1. The van der Waals surface area contributed by atoms with Crippen LogP contribution in [0.15, 0.2) is 0 Å². The topological polar surface area (TPSA) is 87.7 Å². The highest BCUT2D eigenvalue weighted by atomic mass is 16.6. The number of carbonyl (C=O) groups excluding carboxylic acids is 2. The van der Waals surface area contributed by atoms with Crippen LogP contribution in [-0.2, 0) is 9.53 Å². The van der Waals surface area contributed by atoms with Gasteiger partial charge in [-0.2, -0.15) is 0 Å². The molecule has 0 heterocycles. The number of alkyl carbamates (subject to hydrolysis) is 1. The van der Waals surface area contributed by atoms with Gasteiger partial charge < -0.3 is 20.5 Å². The van der Waals surface area contributed by atoms with Crippen LogP contribution in [0.2, 0.25) is 0 Å². The Kier molecular flexibility index (Phi) is 7.16. The molecular formula is C15H30N2O4. The van der Waals surface area contributed by atoms with Gasteiger partial charge in [0.25, 0.3) is 0 Å². The van der Waals surface area contributed by atoms with E-state index in [1.54, 1.807) is 34.6 Å². The summed E-state index contributed by atoms with van der Waals surface area (Å²) in [6.45, 7) is 12.4. The van der Waals surface area contributed by atoms with Gasteiger partial charge in [-0.05, 0) is 40.5 Å². The highest BCUT2D eigenvalue weighted by Gasteiger charge is 2.29. The molecule has 0 saturated heterocycles. The summed E-state index contributed by atoms with van der Waals surface area (Å²) >= 11 is 0. The monoisotopic (exact) mass is 302 g/mol. The van der Waals surface area contributed by atoms with Crippen molar-refractivity contribution in [3.8, 4) is 0 Å². The zero-order valence-corrected chi connectivity index (χ0v) is 14.2. The summed E-state index contributed by atoms with van der Waals surface area (Å²) < 4.78 is 5.18. The first-order valence-corrected chi connectivity index (χ1v) is 7.35. The van der Waals surface area contributed by atoms with Gasteiger partial charge >= 0.3 is 6.09 Å². The molecule has 0 bridgehead atoms. The van der Waals surface area contributed by atoms with Gasteiger partial charge in [0, 0.05) is 6.54 Å². The standard InChI is InChI=1S/C15H30N2O4/c1-8-10(2)11(12(18)16-9-15(6,7)20)17-13(19)21-14(3,4)5/h10-11,20H,8-9H2,1-7H3,(H,16,18)(H,17,19). The maximum absolute atomic E-state index is 12.2. The Morgan fingerprint density at radius 3 is 2.10 bits per heavy atom. The first kappa shape index (κ1) is 19.7. The number of rotatable bonds is 6. The zero-order chi connectivity index (χ0) is 16.8. The third-order valence-electron chi connectivity index (χ3n) is 2.86. The smallest absolute Gasteiger partial charge is 0.408 e. The Balaban J connectivity index is 4.73. The predicted molar refractivity (Wildman–Crippen MR) is 81.9 cm³/mol. The van der Waals surface area contributed by atoms with E-state index in [0.717, 1.165) is 6.42 Å². The summed E-state index contributed by atoms with van der Waals surface area (Å²) in [4.78, 5) is 24.0. The minimum atomic E-state index is -0.998. The van der Waals surface area contributed by atoms with Gasteiger partial charge in [0.15, 0.2) is 0 Å². The summed E-state index contributed by atoms with van der Waals surface area (Å²) in [5.74, 6) is -0.364. The van der Waals surface area contributed by atoms with Crippen LogP contribution in [0.5, 0.6) is 0 Å². The van der Waals surface area contributed by atoms with E-state index in [4.69, 9.17) is 4.74 Å². The lowest BCUT2D eigenvalue weighted by molar-refractivity contribution is -0.125. The first-order chi connectivity index (χ1) is 9.35. The van der Waals surface area contributed by atoms with E-state index < -0.39 is 23.3 Å². The molecule has 0 fully saturated rings. The van der Waals surface area contributed by atoms with E-state index in [0.29, 0.717) is 0 Å². The van der Waals surface area contributed by atoms with E-state index in [2.05, 4.69) is 10.6 Å². The van der Waals surface area contributed by atoms with Gasteiger partial charge in [-0.15, -0.1) is 0 Å². The van der Waals surface area contributed by atoms with Crippen LogP contribution in [0.1, 0.15) is 54.9 Å². The van der Waals surface area contributed by atoms with Crippen molar-refractivity contribution in [2.45, 2.75) is 72.1 Å². The fourth-order valence-electron chi connectivity index (χ4n) is 1.55. The second kappa shape index (κ2) is 7.64. The molecule has 3 N–H and O–H groups in total. The molecular weight excluding hydrogens is 272 g/mol. The Bertz CT molecular complexity index is 356. The zero-order valence-electron chi connectivity index (χ0n) is 14.2. The van der Waals surface area contributed by atoms with Gasteiger partial charge in [0.05, 0.1) is 5.60 Å². The van der Waals surface area contributed by atoms with Crippen molar-refractivity contribution in [3.05, 3.63) is 0 Å². The largest absolute Gasteiger partial charge is 0.444 e. The molecule has 124 valence electrons. The van der Waals surface area contributed by atoms with Crippen LogP contribution in [0, 0.1) is 5.92 Å². The third-order valence-corrected chi connectivity index (χ3v) is 2.86. The van der Waals surface area contributed by atoms with Crippen LogP contribution in [0.4, 0.5) is 4.79 Å². The van der Waals surface area contributed by atoms with E-state index in [-0.39, 0.29) is 18.4 Å². The van der Waals surface area contributed by atoms with Gasteiger partial charge in [0.2, 0.25) is 5.91 Å². The van der Waals surface area contributed by atoms with E-state index in [9.17, 15) is 14.7 Å². The average molecular weight is 302 g/mol. The minimum absolute atomic E-state index is 0.0423. The molecule has 0 aliphatic rings. The number of hydrogen-bond donors (Lipinski definition) is 3. The SMILES string of the molecule is CCC(C)C(NC(=O)OC(C)(C)C)C(=O)NCC(C)(C)O. The van der Waals surface area contributed by atoms with Gasteiger partial charge in [-0.3, -0.25) is 4.79 Å². The van der Waals surface area contributed by atoms with Crippen molar-refractivity contribution in [2.75, 3.05) is 6.54 Å². The highest BCUT2D eigenvalue weighted by Crippen LogP contribution is 2.11. The van der Waals surface area contributed by atoms with Crippen LogP contribution in [-0.4, -0.2) is 40.9 Å².